The van der Waals surface area contributed by atoms with Gasteiger partial charge < -0.3 is 9.64 Å². The molecule has 1 aliphatic rings. The summed E-state index contributed by atoms with van der Waals surface area (Å²) >= 11 is 0. The molecule has 1 N–H and O–H groups in total. The second-order valence-corrected chi connectivity index (χ2v) is 7.84. The SMILES string of the molecule is COc1ccc(S(=O)(=O)Nc2ccc(N3CCCCC3)nc2)c(C)c1. The summed E-state index contributed by atoms with van der Waals surface area (Å²) in [7, 11) is -2.11. The summed E-state index contributed by atoms with van der Waals surface area (Å²) in [4.78, 5) is 6.87. The first-order valence-corrected chi connectivity index (χ1v) is 9.86. The Bertz CT molecular complexity index is 829. The van der Waals surface area contributed by atoms with Crippen LogP contribution in [0.5, 0.6) is 5.75 Å². The molecule has 0 amide bonds. The summed E-state index contributed by atoms with van der Waals surface area (Å²) in [5, 5.41) is 0. The van der Waals surface area contributed by atoms with Crippen LogP contribution < -0.4 is 14.4 Å². The van der Waals surface area contributed by atoms with Gasteiger partial charge in [-0.3, -0.25) is 4.72 Å². The van der Waals surface area contributed by atoms with Crippen molar-refractivity contribution in [2.45, 2.75) is 31.1 Å². The molecule has 1 aromatic carbocycles. The number of hydrogen-bond acceptors (Lipinski definition) is 5. The van der Waals surface area contributed by atoms with Crippen LogP contribution in [0.25, 0.3) is 0 Å². The molecular weight excluding hydrogens is 338 g/mol. The van der Waals surface area contributed by atoms with E-state index in [9.17, 15) is 8.42 Å². The molecule has 1 aromatic heterocycles. The van der Waals surface area contributed by atoms with Crippen molar-refractivity contribution in [2.75, 3.05) is 29.8 Å². The van der Waals surface area contributed by atoms with Gasteiger partial charge in [0.1, 0.15) is 11.6 Å². The van der Waals surface area contributed by atoms with Gasteiger partial charge in [0.25, 0.3) is 10.0 Å². The Kier molecular flexibility index (Phi) is 5.13. The molecule has 1 saturated heterocycles. The van der Waals surface area contributed by atoms with Crippen LogP contribution in [-0.2, 0) is 10.0 Å². The third-order valence-corrected chi connectivity index (χ3v) is 5.89. The number of ether oxygens (including phenoxy) is 1. The van der Waals surface area contributed by atoms with Gasteiger partial charge in [0, 0.05) is 13.1 Å². The number of aromatic nitrogens is 1. The predicted octanol–water partition coefficient (Wildman–Crippen LogP) is 3.19. The smallest absolute Gasteiger partial charge is 0.262 e. The summed E-state index contributed by atoms with van der Waals surface area (Å²) in [5.41, 5.74) is 1.08. The molecule has 0 aliphatic carbocycles. The van der Waals surface area contributed by atoms with E-state index in [2.05, 4.69) is 14.6 Å². The highest BCUT2D eigenvalue weighted by atomic mass is 32.2. The second kappa shape index (κ2) is 7.31. The molecule has 1 aliphatic heterocycles. The van der Waals surface area contributed by atoms with Crippen LogP contribution >= 0.6 is 0 Å². The standard InChI is InChI=1S/C18H23N3O3S/c1-14-12-16(24-2)7-8-17(14)25(22,23)20-15-6-9-18(19-13-15)21-10-4-3-5-11-21/h6-9,12-13,20H,3-5,10-11H2,1-2H3. The zero-order valence-corrected chi connectivity index (χ0v) is 15.3. The van der Waals surface area contributed by atoms with Gasteiger partial charge in [-0.1, -0.05) is 0 Å². The Balaban J connectivity index is 1.76. The molecule has 25 heavy (non-hydrogen) atoms. The number of sulfonamides is 1. The summed E-state index contributed by atoms with van der Waals surface area (Å²) in [5.74, 6) is 1.52. The quantitative estimate of drug-likeness (QED) is 0.885. The minimum Gasteiger partial charge on any atom is -0.497 e. The number of nitrogens with zero attached hydrogens (tertiary/aromatic N) is 2. The van der Waals surface area contributed by atoms with E-state index in [1.165, 1.54) is 19.3 Å². The summed E-state index contributed by atoms with van der Waals surface area (Å²) in [6.45, 7) is 3.75. The topological polar surface area (TPSA) is 71.5 Å². The first-order valence-electron chi connectivity index (χ1n) is 8.38. The van der Waals surface area contributed by atoms with Crippen LogP contribution in [0, 0.1) is 6.92 Å². The van der Waals surface area contributed by atoms with Gasteiger partial charge >= 0.3 is 0 Å². The number of anilines is 2. The van der Waals surface area contributed by atoms with Crippen LogP contribution in [0.3, 0.4) is 0 Å². The molecule has 0 atom stereocenters. The van der Waals surface area contributed by atoms with E-state index in [0.29, 0.717) is 17.0 Å². The molecule has 2 aromatic rings. The van der Waals surface area contributed by atoms with Gasteiger partial charge in [0.05, 0.1) is 23.9 Å². The van der Waals surface area contributed by atoms with Gasteiger partial charge in [0.2, 0.25) is 0 Å². The number of methoxy groups -OCH3 is 1. The molecule has 0 unspecified atom stereocenters. The molecule has 3 rings (SSSR count). The number of benzene rings is 1. The Hall–Kier alpha value is -2.28. The Morgan fingerprint density at radius 1 is 1.12 bits per heavy atom. The highest BCUT2D eigenvalue weighted by molar-refractivity contribution is 7.92. The molecule has 7 heteroatoms. The second-order valence-electron chi connectivity index (χ2n) is 6.19. The van der Waals surface area contributed by atoms with Gasteiger partial charge in [-0.25, -0.2) is 13.4 Å². The van der Waals surface area contributed by atoms with Crippen molar-refractivity contribution in [2.24, 2.45) is 0 Å². The lowest BCUT2D eigenvalue weighted by atomic mass is 10.1. The molecule has 0 bridgehead atoms. The summed E-state index contributed by atoms with van der Waals surface area (Å²) in [6.07, 6.45) is 5.18. The first-order chi connectivity index (χ1) is 12.0. The van der Waals surface area contributed by atoms with E-state index in [1.54, 1.807) is 44.5 Å². The van der Waals surface area contributed by atoms with Crippen molar-refractivity contribution < 1.29 is 13.2 Å². The van der Waals surface area contributed by atoms with Crippen LogP contribution in [0.15, 0.2) is 41.4 Å². The average Bonchev–Trinajstić information content (AvgIpc) is 2.62. The van der Waals surface area contributed by atoms with E-state index in [1.807, 2.05) is 6.07 Å². The number of pyridine rings is 1. The monoisotopic (exact) mass is 361 g/mol. The van der Waals surface area contributed by atoms with E-state index in [0.717, 1.165) is 18.9 Å². The average molecular weight is 361 g/mol. The van der Waals surface area contributed by atoms with Crippen molar-refractivity contribution in [3.8, 4) is 5.75 Å². The van der Waals surface area contributed by atoms with Crippen molar-refractivity contribution >= 4 is 21.5 Å². The highest BCUT2D eigenvalue weighted by Gasteiger charge is 2.18. The Morgan fingerprint density at radius 2 is 1.88 bits per heavy atom. The normalized spacial score (nSPS) is 15.0. The molecule has 2 heterocycles. The van der Waals surface area contributed by atoms with Crippen molar-refractivity contribution in [1.29, 1.82) is 0 Å². The molecule has 6 nitrogen and oxygen atoms in total. The maximum Gasteiger partial charge on any atom is 0.262 e. The number of hydrogen-bond donors (Lipinski definition) is 1. The zero-order valence-electron chi connectivity index (χ0n) is 14.5. The fourth-order valence-corrected chi connectivity index (χ4v) is 4.29. The Morgan fingerprint density at radius 3 is 2.48 bits per heavy atom. The van der Waals surface area contributed by atoms with Crippen LogP contribution in [0.1, 0.15) is 24.8 Å². The predicted molar refractivity (Wildman–Crippen MR) is 98.8 cm³/mol. The fraction of sp³-hybridized carbons (Fsp3) is 0.389. The number of aryl methyl sites for hydroxylation is 1. The molecule has 0 saturated carbocycles. The largest absolute Gasteiger partial charge is 0.497 e. The van der Waals surface area contributed by atoms with Crippen LogP contribution in [-0.4, -0.2) is 33.6 Å². The third-order valence-electron chi connectivity index (χ3n) is 4.35. The number of piperidine rings is 1. The van der Waals surface area contributed by atoms with Gasteiger partial charge in [-0.2, -0.15) is 0 Å². The lowest BCUT2D eigenvalue weighted by molar-refractivity contribution is 0.414. The third kappa shape index (κ3) is 4.04. The maximum atomic E-state index is 12.6. The Labute approximate surface area is 148 Å². The minimum absolute atomic E-state index is 0.230. The number of rotatable bonds is 5. The van der Waals surface area contributed by atoms with Crippen molar-refractivity contribution in [1.82, 2.24) is 4.98 Å². The molecule has 134 valence electrons. The van der Waals surface area contributed by atoms with Gasteiger partial charge in [-0.05, 0) is 62.1 Å². The summed E-state index contributed by atoms with van der Waals surface area (Å²) in [6, 6.07) is 8.51. The lowest BCUT2D eigenvalue weighted by Crippen LogP contribution is -2.30. The highest BCUT2D eigenvalue weighted by Crippen LogP contribution is 2.24. The maximum absolute atomic E-state index is 12.6. The molecular formula is C18H23N3O3S. The van der Waals surface area contributed by atoms with E-state index >= 15 is 0 Å². The fourth-order valence-electron chi connectivity index (χ4n) is 3.02. The molecule has 0 radical (unpaired) electrons. The van der Waals surface area contributed by atoms with Crippen LogP contribution in [0.4, 0.5) is 11.5 Å². The van der Waals surface area contributed by atoms with E-state index in [-0.39, 0.29) is 4.90 Å². The van der Waals surface area contributed by atoms with Crippen molar-refractivity contribution in [3.63, 3.8) is 0 Å². The lowest BCUT2D eigenvalue weighted by Gasteiger charge is -2.27. The van der Waals surface area contributed by atoms with Gasteiger partial charge in [-0.15, -0.1) is 0 Å². The summed E-state index contributed by atoms with van der Waals surface area (Å²) < 4.78 is 33.0. The van der Waals surface area contributed by atoms with Crippen molar-refractivity contribution in [3.05, 3.63) is 42.1 Å². The number of nitrogens with one attached hydrogen (secondary N) is 1. The first kappa shape index (κ1) is 17.5. The van der Waals surface area contributed by atoms with E-state index in [4.69, 9.17) is 4.74 Å². The van der Waals surface area contributed by atoms with Crippen LogP contribution in [0.2, 0.25) is 0 Å². The molecule has 0 spiro atoms. The zero-order chi connectivity index (χ0) is 17.9. The van der Waals surface area contributed by atoms with E-state index < -0.39 is 10.0 Å². The molecule has 1 fully saturated rings. The minimum atomic E-state index is -3.67. The van der Waals surface area contributed by atoms with Gasteiger partial charge in [0.15, 0.2) is 0 Å².